The zero-order valence-corrected chi connectivity index (χ0v) is 19.3. The van der Waals surface area contributed by atoms with Crippen LogP contribution in [0, 0.1) is 0 Å². The van der Waals surface area contributed by atoms with Crippen molar-refractivity contribution in [2.75, 3.05) is 23.5 Å². The molecule has 0 aliphatic carbocycles. The number of rotatable bonds is 3. The van der Waals surface area contributed by atoms with Gasteiger partial charge in [-0.25, -0.2) is 0 Å². The van der Waals surface area contributed by atoms with Gasteiger partial charge in [-0.1, -0.05) is 18.2 Å². The monoisotopic (exact) mass is 504 g/mol. The summed E-state index contributed by atoms with van der Waals surface area (Å²) in [6, 6.07) is 8.29. The van der Waals surface area contributed by atoms with E-state index >= 15 is 0 Å². The molecule has 3 N–H and O–H groups in total. The maximum Gasteiger partial charge on any atom is 0.416 e. The second-order valence-corrected chi connectivity index (χ2v) is 9.87. The number of hydrogen-bond acceptors (Lipinski definition) is 5. The van der Waals surface area contributed by atoms with E-state index in [2.05, 4.69) is 16.0 Å². The smallest absolute Gasteiger partial charge is 0.352 e. The van der Waals surface area contributed by atoms with E-state index in [9.17, 15) is 27.6 Å². The second kappa shape index (κ2) is 9.19. The lowest BCUT2D eigenvalue weighted by molar-refractivity contribution is -0.137. The number of thioether (sulfide) groups is 1. The van der Waals surface area contributed by atoms with Gasteiger partial charge in [-0.15, -0.1) is 11.8 Å². The number of piperidine rings is 1. The molecule has 0 bridgehead atoms. The summed E-state index contributed by atoms with van der Waals surface area (Å²) < 4.78 is 39.5. The van der Waals surface area contributed by atoms with Crippen LogP contribution in [0.25, 0.3) is 11.1 Å². The Morgan fingerprint density at radius 1 is 1.11 bits per heavy atom. The third-order valence-electron chi connectivity index (χ3n) is 6.58. The number of benzene rings is 2. The first kappa shape index (κ1) is 23.7. The van der Waals surface area contributed by atoms with Crippen molar-refractivity contribution in [3.05, 3.63) is 53.6 Å². The van der Waals surface area contributed by atoms with Crippen LogP contribution in [-0.4, -0.2) is 58.9 Å². The molecule has 3 unspecified atom stereocenters. The quantitative estimate of drug-likeness (QED) is 0.598. The molecule has 0 spiro atoms. The second-order valence-electron chi connectivity index (χ2n) is 8.84. The van der Waals surface area contributed by atoms with Crippen LogP contribution in [0.15, 0.2) is 42.5 Å². The molecule has 3 aliphatic heterocycles. The summed E-state index contributed by atoms with van der Waals surface area (Å²) in [5.41, 5.74) is 0.533. The van der Waals surface area contributed by atoms with Crippen molar-refractivity contribution in [2.45, 2.75) is 37.1 Å². The highest BCUT2D eigenvalue weighted by atomic mass is 32.2. The minimum Gasteiger partial charge on any atom is -0.352 e. The summed E-state index contributed by atoms with van der Waals surface area (Å²) in [4.78, 5) is 40.4. The van der Waals surface area contributed by atoms with Gasteiger partial charge in [0.15, 0.2) is 0 Å². The van der Waals surface area contributed by atoms with Crippen molar-refractivity contribution in [3.63, 3.8) is 0 Å². The summed E-state index contributed by atoms with van der Waals surface area (Å²) >= 11 is 1.64. The average Bonchev–Trinajstić information content (AvgIpc) is 3.36. The van der Waals surface area contributed by atoms with Crippen LogP contribution in [-0.2, 0) is 15.8 Å². The molecule has 3 atom stereocenters. The molecule has 7 nitrogen and oxygen atoms in total. The number of hydrogen-bond donors (Lipinski definition) is 3. The van der Waals surface area contributed by atoms with Gasteiger partial charge in [0, 0.05) is 24.2 Å². The predicted octanol–water partition coefficient (Wildman–Crippen LogP) is 3.08. The van der Waals surface area contributed by atoms with E-state index in [4.69, 9.17) is 0 Å². The summed E-state index contributed by atoms with van der Waals surface area (Å²) in [5, 5.41) is 8.89. The molecule has 184 valence electrons. The molecule has 3 amide bonds. The van der Waals surface area contributed by atoms with Crippen LogP contribution in [0.5, 0.6) is 0 Å². The maximum atomic E-state index is 13.4. The number of nitrogens with zero attached hydrogens (tertiary/aromatic N) is 1. The maximum absolute atomic E-state index is 13.4. The van der Waals surface area contributed by atoms with E-state index in [0.717, 1.165) is 18.0 Å². The molecule has 3 aliphatic rings. The minimum atomic E-state index is -4.48. The van der Waals surface area contributed by atoms with Gasteiger partial charge < -0.3 is 15.5 Å². The summed E-state index contributed by atoms with van der Waals surface area (Å²) in [5.74, 6) is 0.587. The highest BCUT2D eigenvalue weighted by Crippen LogP contribution is 2.35. The van der Waals surface area contributed by atoms with Crippen LogP contribution in [0.4, 0.5) is 18.9 Å². The molecule has 0 radical (unpaired) electrons. The summed E-state index contributed by atoms with van der Waals surface area (Å²) in [7, 11) is 0. The lowest BCUT2D eigenvalue weighted by atomic mass is 9.95. The normalized spacial score (nSPS) is 24.3. The first-order chi connectivity index (χ1) is 16.7. The number of carbonyl (C=O) groups is 3. The molecular weight excluding hydrogens is 481 g/mol. The highest BCUT2D eigenvalue weighted by molar-refractivity contribution is 7.99. The first-order valence-electron chi connectivity index (χ1n) is 11.3. The molecule has 5 rings (SSSR count). The van der Waals surface area contributed by atoms with Crippen molar-refractivity contribution >= 4 is 35.2 Å². The number of halogens is 3. The minimum absolute atomic E-state index is 0.108. The molecule has 2 aromatic rings. The van der Waals surface area contributed by atoms with Crippen LogP contribution >= 0.6 is 11.8 Å². The summed E-state index contributed by atoms with van der Waals surface area (Å²) in [6.07, 6.45) is -3.69. The Morgan fingerprint density at radius 3 is 2.66 bits per heavy atom. The average molecular weight is 505 g/mol. The van der Waals surface area contributed by atoms with Gasteiger partial charge in [-0.2, -0.15) is 13.2 Å². The van der Waals surface area contributed by atoms with Gasteiger partial charge in [-0.3, -0.25) is 19.7 Å². The van der Waals surface area contributed by atoms with Gasteiger partial charge >= 0.3 is 6.18 Å². The lowest BCUT2D eigenvalue weighted by Gasteiger charge is -2.37. The standard InChI is InChI=1S/C24H23F3N4O3S/c25-24(26,27)15-3-1-2-13(8-15)14-4-5-18-17(9-14)23(34)31-7-6-16(10-20(31)22(33)30-18)29-21(32)19-11-35-12-28-19/h1-5,8-9,16,19-20,28H,6-7,10-12H2,(H,29,32)(H,30,33). The van der Waals surface area contributed by atoms with E-state index in [1.165, 1.54) is 17.0 Å². The molecule has 11 heteroatoms. The Labute approximate surface area is 203 Å². The molecule has 3 heterocycles. The SMILES string of the molecule is O=C(NC1CCN2C(=O)c3cc(-c4cccc(C(F)(F)F)c4)ccc3NC(=O)C2C1)C1CSCN1. The number of anilines is 1. The number of alkyl halides is 3. The van der Waals surface area contributed by atoms with E-state index in [1.54, 1.807) is 30.0 Å². The van der Waals surface area contributed by atoms with Crippen molar-refractivity contribution in [2.24, 2.45) is 0 Å². The number of carbonyl (C=O) groups excluding carboxylic acids is 3. The summed E-state index contributed by atoms with van der Waals surface area (Å²) in [6.45, 7) is 0.280. The predicted molar refractivity (Wildman–Crippen MR) is 126 cm³/mol. The Kier molecular flexibility index (Phi) is 6.22. The van der Waals surface area contributed by atoms with Crippen LogP contribution in [0.3, 0.4) is 0 Å². The highest BCUT2D eigenvalue weighted by Gasteiger charge is 2.41. The van der Waals surface area contributed by atoms with Crippen LogP contribution < -0.4 is 16.0 Å². The van der Waals surface area contributed by atoms with E-state index in [1.807, 2.05) is 0 Å². The molecular formula is C24H23F3N4O3S. The largest absolute Gasteiger partial charge is 0.416 e. The van der Waals surface area contributed by atoms with Crippen molar-refractivity contribution < 1.29 is 27.6 Å². The Balaban J connectivity index is 1.37. The van der Waals surface area contributed by atoms with Gasteiger partial charge in [0.1, 0.15) is 6.04 Å². The number of amides is 3. The molecule has 2 saturated heterocycles. The Morgan fingerprint density at radius 2 is 1.91 bits per heavy atom. The van der Waals surface area contributed by atoms with E-state index < -0.39 is 17.8 Å². The van der Waals surface area contributed by atoms with Gasteiger partial charge in [-0.05, 0) is 48.2 Å². The van der Waals surface area contributed by atoms with Crippen molar-refractivity contribution in [3.8, 4) is 11.1 Å². The Bertz CT molecular complexity index is 1180. The molecule has 2 aromatic carbocycles. The zero-order valence-electron chi connectivity index (χ0n) is 18.5. The fourth-order valence-electron chi connectivity index (χ4n) is 4.71. The third kappa shape index (κ3) is 4.74. The van der Waals surface area contributed by atoms with Gasteiger partial charge in [0.2, 0.25) is 11.8 Å². The van der Waals surface area contributed by atoms with Crippen molar-refractivity contribution in [1.82, 2.24) is 15.5 Å². The van der Waals surface area contributed by atoms with E-state index in [0.29, 0.717) is 29.0 Å². The Hall–Kier alpha value is -3.05. The third-order valence-corrected chi connectivity index (χ3v) is 7.52. The molecule has 0 saturated carbocycles. The van der Waals surface area contributed by atoms with E-state index in [-0.39, 0.29) is 48.3 Å². The first-order valence-corrected chi connectivity index (χ1v) is 12.4. The van der Waals surface area contributed by atoms with Crippen LogP contribution in [0.2, 0.25) is 0 Å². The fraction of sp³-hybridized carbons (Fsp3) is 0.375. The molecule has 2 fully saturated rings. The number of nitrogens with one attached hydrogen (secondary N) is 3. The topological polar surface area (TPSA) is 90.5 Å². The van der Waals surface area contributed by atoms with Gasteiger partial charge in [0.25, 0.3) is 5.91 Å². The zero-order chi connectivity index (χ0) is 24.7. The van der Waals surface area contributed by atoms with Gasteiger partial charge in [0.05, 0.1) is 22.9 Å². The van der Waals surface area contributed by atoms with Crippen molar-refractivity contribution in [1.29, 1.82) is 0 Å². The van der Waals surface area contributed by atoms with Crippen LogP contribution in [0.1, 0.15) is 28.8 Å². The lowest BCUT2D eigenvalue weighted by Crippen LogP contribution is -2.56. The molecule has 35 heavy (non-hydrogen) atoms. The number of fused-ring (bicyclic) bond motifs is 2. The molecule has 0 aromatic heterocycles. The fourth-order valence-corrected chi connectivity index (χ4v) is 5.65.